The molecule has 0 aliphatic heterocycles. The van der Waals surface area contributed by atoms with E-state index in [9.17, 15) is 0 Å². The minimum absolute atomic E-state index is 0.656. The molecule has 0 atom stereocenters. The second-order valence-corrected chi connectivity index (χ2v) is 30.0. The van der Waals surface area contributed by atoms with Crippen LogP contribution in [0.1, 0.15) is 0 Å². The number of hydrogen-bond donors (Lipinski definition) is 0. The molecule has 14 aromatic carbocycles. The largest absolute Gasteiger partial charge is 0.309 e. The molecule has 11 heteroatoms. The van der Waals surface area contributed by atoms with E-state index in [1.165, 1.54) is 120 Å². The van der Waals surface area contributed by atoms with Crippen molar-refractivity contribution in [1.82, 2.24) is 34.1 Å². The van der Waals surface area contributed by atoms with Gasteiger partial charge in [-0.05, 0) is 78.9 Å². The van der Waals surface area contributed by atoms with Gasteiger partial charge in [0.2, 0.25) is 0 Å². The highest BCUT2D eigenvalue weighted by Gasteiger charge is 2.25. The number of thiophene rings is 4. The van der Waals surface area contributed by atoms with Gasteiger partial charge in [0, 0.05) is 147 Å². The topological polar surface area (TPSA) is 74.3 Å². The number of nitrogens with zero attached hydrogens (tertiary/aromatic N) is 7. The van der Waals surface area contributed by atoms with Crippen LogP contribution in [-0.4, -0.2) is 34.1 Å². The van der Waals surface area contributed by atoms with Gasteiger partial charge in [-0.3, -0.25) is 0 Å². The van der Waals surface area contributed by atoms with Crippen LogP contribution in [0.15, 0.2) is 322 Å². The van der Waals surface area contributed by atoms with Crippen LogP contribution in [0.4, 0.5) is 0 Å². The maximum atomic E-state index is 5.32. The summed E-state index contributed by atoms with van der Waals surface area (Å²) in [5.41, 5.74) is 14.8. The van der Waals surface area contributed by atoms with Gasteiger partial charge in [0.1, 0.15) is 0 Å². The molecular formula is C91H53N7S4. The average Bonchev–Trinajstić information content (AvgIpc) is 1.56. The Labute approximate surface area is 600 Å². The molecule has 0 radical (unpaired) electrons. The van der Waals surface area contributed by atoms with Crippen molar-refractivity contribution in [2.45, 2.75) is 0 Å². The van der Waals surface area contributed by atoms with E-state index in [2.05, 4.69) is 270 Å². The van der Waals surface area contributed by atoms with Gasteiger partial charge in [0.25, 0.3) is 0 Å². The Kier molecular flexibility index (Phi) is 13.6. The summed E-state index contributed by atoms with van der Waals surface area (Å²) in [4.78, 5) is 25.8. The van der Waals surface area contributed by atoms with Crippen molar-refractivity contribution in [3.05, 3.63) is 322 Å². The van der Waals surface area contributed by atoms with Crippen LogP contribution < -0.4 is 0 Å². The summed E-state index contributed by atoms with van der Waals surface area (Å²) in [6.45, 7) is 0. The van der Waals surface area contributed by atoms with E-state index < -0.39 is 0 Å². The maximum absolute atomic E-state index is 5.32. The molecular weight excluding hydrogens is 1320 g/mol. The third kappa shape index (κ3) is 9.47. The van der Waals surface area contributed by atoms with E-state index in [1.807, 2.05) is 94.7 Å². The fourth-order valence-corrected chi connectivity index (χ4v) is 20.2. The fourth-order valence-electron chi connectivity index (χ4n) is 15.3. The zero-order valence-corrected chi connectivity index (χ0v) is 57.6. The van der Waals surface area contributed by atoms with E-state index in [0.29, 0.717) is 17.5 Å². The first-order valence-electron chi connectivity index (χ1n) is 34.0. The van der Waals surface area contributed by atoms with Gasteiger partial charge in [0.05, 0.1) is 33.5 Å². The predicted molar refractivity (Wildman–Crippen MR) is 435 cm³/mol. The van der Waals surface area contributed by atoms with Gasteiger partial charge < -0.3 is 9.13 Å². The molecule has 8 heterocycles. The van der Waals surface area contributed by atoms with Crippen molar-refractivity contribution in [2.75, 3.05) is 0 Å². The predicted octanol–water partition coefficient (Wildman–Crippen LogP) is 26.0. The summed E-state index contributed by atoms with van der Waals surface area (Å²) in [5.74, 6) is 2.69. The van der Waals surface area contributed by atoms with Gasteiger partial charge in [-0.25, -0.2) is 24.9 Å². The SMILES string of the molecule is c1ccc(-c2cc(-c3cc(-n4c5ccccc5c5c6sc7ccccc7c6ccc54)cc4c3sc3ccccc34)nc(-c3ccccc3)n2)cc1.c1ccc(-c2nc(-c3ccccc3)nc(-c3cc(-n4c5ccccc5c5c6sc7ccccc7c6ccc54)cc4c3sc3ccccc34)n2)cc1. The standard InChI is InChI=1S/C46H27N3S2.C45H26N4S2/c1-3-13-28(14-4-1)37-27-38(48-46(47-37)29-15-5-2-6-16-29)36-26-30(25-35-32-18-9-12-22-42(32)50-44(35)36)49-39-20-10-7-19-34(39)43-40(49)24-23-33-31-17-8-11-21-41(31)51-45(33)43;1-3-13-27(14-4-1)43-46-44(28-15-5-2-6-16-28)48-45(47-43)35-26-29(25-34-31-18-9-12-22-39(31)50-41(34)35)49-36-20-10-7-19-33(36)40-37(49)24-23-32-30-17-8-11-21-38(30)51-42(32)40/h1-27H;1-26H. The monoisotopic (exact) mass is 1370 g/mol. The Bertz CT molecular complexity index is 6590. The summed E-state index contributed by atoms with van der Waals surface area (Å²) < 4.78 is 15.1. The first kappa shape index (κ1) is 58.6. The van der Waals surface area contributed by atoms with Gasteiger partial charge in [0.15, 0.2) is 23.3 Å². The number of para-hydroxylation sites is 2. The normalized spacial score (nSPS) is 11.9. The summed E-state index contributed by atoms with van der Waals surface area (Å²) in [6.07, 6.45) is 0. The Morgan fingerprint density at radius 3 is 0.990 bits per heavy atom. The smallest absolute Gasteiger partial charge is 0.165 e. The zero-order valence-electron chi connectivity index (χ0n) is 54.4. The van der Waals surface area contributed by atoms with Crippen LogP contribution in [0.25, 0.3) is 204 Å². The molecule has 0 fully saturated rings. The number of benzene rings is 14. The van der Waals surface area contributed by atoms with Crippen molar-refractivity contribution >= 4 is 170 Å². The van der Waals surface area contributed by atoms with Crippen molar-refractivity contribution < 1.29 is 0 Å². The number of aromatic nitrogens is 7. The number of fused-ring (bicyclic) bond motifs is 20. The Morgan fingerprint density at radius 1 is 0.206 bits per heavy atom. The molecule has 22 rings (SSSR count). The second kappa shape index (κ2) is 23.7. The lowest BCUT2D eigenvalue weighted by molar-refractivity contribution is 1.07. The molecule has 0 amide bonds. The fraction of sp³-hybridized carbons (Fsp3) is 0. The molecule has 0 saturated heterocycles. The van der Waals surface area contributed by atoms with Crippen LogP contribution >= 0.6 is 45.3 Å². The molecule has 0 aliphatic rings. The van der Waals surface area contributed by atoms with Crippen molar-refractivity contribution in [3.63, 3.8) is 0 Å². The number of hydrogen-bond acceptors (Lipinski definition) is 9. The molecule has 8 aromatic heterocycles. The van der Waals surface area contributed by atoms with E-state index in [1.54, 1.807) is 11.3 Å². The molecule has 0 aliphatic carbocycles. The third-order valence-electron chi connectivity index (χ3n) is 19.8. The summed E-state index contributed by atoms with van der Waals surface area (Å²) in [6, 6.07) is 115. The minimum atomic E-state index is 0.656. The lowest BCUT2D eigenvalue weighted by atomic mass is 10.0. The molecule has 7 nitrogen and oxygen atoms in total. The third-order valence-corrected chi connectivity index (χ3v) is 24.7. The van der Waals surface area contributed by atoms with E-state index in [0.717, 1.165) is 66.7 Å². The Hall–Kier alpha value is -12.4. The molecule has 102 heavy (non-hydrogen) atoms. The van der Waals surface area contributed by atoms with E-state index in [4.69, 9.17) is 24.9 Å². The second-order valence-electron chi connectivity index (χ2n) is 25.7. The van der Waals surface area contributed by atoms with Crippen molar-refractivity contribution in [1.29, 1.82) is 0 Å². The quantitative estimate of drug-likeness (QED) is 0.152. The van der Waals surface area contributed by atoms with Crippen LogP contribution in [-0.2, 0) is 0 Å². The highest BCUT2D eigenvalue weighted by molar-refractivity contribution is 7.28. The van der Waals surface area contributed by atoms with Crippen molar-refractivity contribution in [2.24, 2.45) is 0 Å². The van der Waals surface area contributed by atoms with Crippen molar-refractivity contribution in [3.8, 4) is 79.4 Å². The number of rotatable bonds is 8. The van der Waals surface area contributed by atoms with Gasteiger partial charge in [-0.1, -0.05) is 243 Å². The molecule has 0 saturated carbocycles. The lowest BCUT2D eigenvalue weighted by Gasteiger charge is -2.14. The molecule has 0 N–H and O–H groups in total. The Balaban J connectivity index is 0.000000133. The minimum Gasteiger partial charge on any atom is -0.309 e. The Morgan fingerprint density at radius 2 is 0.539 bits per heavy atom. The summed E-state index contributed by atoms with van der Waals surface area (Å²) >= 11 is 7.40. The average molecular weight is 1370 g/mol. The molecule has 22 aromatic rings. The summed E-state index contributed by atoms with van der Waals surface area (Å²) in [5, 5.41) is 15.3. The van der Waals surface area contributed by atoms with Crippen LogP contribution in [0, 0.1) is 0 Å². The van der Waals surface area contributed by atoms with Gasteiger partial charge >= 0.3 is 0 Å². The van der Waals surface area contributed by atoms with Crippen LogP contribution in [0.2, 0.25) is 0 Å². The molecule has 476 valence electrons. The summed E-state index contributed by atoms with van der Waals surface area (Å²) in [7, 11) is 0. The van der Waals surface area contributed by atoms with E-state index >= 15 is 0 Å². The van der Waals surface area contributed by atoms with Crippen LogP contribution in [0.3, 0.4) is 0 Å². The first-order valence-corrected chi connectivity index (χ1v) is 37.3. The van der Waals surface area contributed by atoms with Crippen LogP contribution in [0.5, 0.6) is 0 Å². The lowest BCUT2D eigenvalue weighted by Crippen LogP contribution is -2.01. The van der Waals surface area contributed by atoms with Gasteiger partial charge in [-0.2, -0.15) is 0 Å². The maximum Gasteiger partial charge on any atom is 0.165 e. The molecule has 0 spiro atoms. The zero-order chi connectivity index (χ0) is 66.9. The molecule has 0 unspecified atom stereocenters. The van der Waals surface area contributed by atoms with E-state index in [-0.39, 0.29) is 0 Å². The highest BCUT2D eigenvalue weighted by atomic mass is 32.1. The van der Waals surface area contributed by atoms with Gasteiger partial charge in [-0.15, -0.1) is 45.3 Å². The first-order chi connectivity index (χ1) is 50.6. The molecule has 0 bridgehead atoms. The highest BCUT2D eigenvalue weighted by Crippen LogP contribution is 2.49.